The molecule has 0 aliphatic heterocycles. The number of halogens is 3. The average molecular weight is 298 g/mol. The molecule has 0 saturated heterocycles. The highest BCUT2D eigenvalue weighted by atomic mass is 32.1. The van der Waals surface area contributed by atoms with Crippen molar-refractivity contribution in [3.63, 3.8) is 0 Å². The predicted octanol–water partition coefficient (Wildman–Crippen LogP) is 3.53. The lowest BCUT2D eigenvalue weighted by molar-refractivity contribution is -0.137. The quantitative estimate of drug-likeness (QED) is 0.683. The maximum absolute atomic E-state index is 12.5. The van der Waals surface area contributed by atoms with Crippen LogP contribution >= 0.6 is 11.3 Å². The third-order valence-electron chi connectivity index (χ3n) is 2.35. The summed E-state index contributed by atoms with van der Waals surface area (Å²) in [6, 6.07) is 7.79. The molecule has 1 amide bonds. The van der Waals surface area contributed by atoms with E-state index in [4.69, 9.17) is 0 Å². The van der Waals surface area contributed by atoms with Gasteiger partial charge in [-0.05, 0) is 29.6 Å². The van der Waals surface area contributed by atoms with Crippen LogP contribution in [0.15, 0.2) is 46.9 Å². The Labute approximate surface area is 116 Å². The van der Waals surface area contributed by atoms with Gasteiger partial charge in [0.05, 0.1) is 11.8 Å². The number of benzene rings is 1. The first kappa shape index (κ1) is 14.3. The van der Waals surface area contributed by atoms with Gasteiger partial charge in [-0.3, -0.25) is 4.79 Å². The van der Waals surface area contributed by atoms with Crippen LogP contribution in [-0.2, 0) is 6.18 Å². The standard InChI is InChI=1S/C13H9F3N2OS/c14-13(15,16)10-4-1-3-9(7-10)12(19)18-17-8-11-5-2-6-20-11/h1-8H,(H,18,19)/b17-8-. The maximum atomic E-state index is 12.5. The first-order valence-corrected chi connectivity index (χ1v) is 6.39. The van der Waals surface area contributed by atoms with Gasteiger partial charge in [0.1, 0.15) is 0 Å². The smallest absolute Gasteiger partial charge is 0.267 e. The summed E-state index contributed by atoms with van der Waals surface area (Å²) in [6.07, 6.45) is -3.05. The molecule has 1 heterocycles. The molecule has 20 heavy (non-hydrogen) atoms. The molecule has 0 unspecified atom stereocenters. The van der Waals surface area contributed by atoms with Gasteiger partial charge in [-0.2, -0.15) is 18.3 Å². The van der Waals surface area contributed by atoms with Crippen molar-refractivity contribution >= 4 is 23.5 Å². The number of nitrogens with one attached hydrogen (secondary N) is 1. The monoisotopic (exact) mass is 298 g/mol. The van der Waals surface area contributed by atoms with Crippen LogP contribution < -0.4 is 5.43 Å². The third kappa shape index (κ3) is 3.67. The highest BCUT2D eigenvalue weighted by Gasteiger charge is 2.30. The lowest BCUT2D eigenvalue weighted by Crippen LogP contribution is -2.18. The summed E-state index contributed by atoms with van der Waals surface area (Å²) in [6.45, 7) is 0. The Morgan fingerprint density at radius 3 is 2.70 bits per heavy atom. The third-order valence-corrected chi connectivity index (χ3v) is 3.16. The van der Waals surface area contributed by atoms with Gasteiger partial charge in [-0.25, -0.2) is 5.43 Å². The van der Waals surface area contributed by atoms with Gasteiger partial charge in [0.15, 0.2) is 0 Å². The fourth-order valence-corrected chi connectivity index (χ4v) is 2.01. The molecular formula is C13H9F3N2OS. The highest BCUT2D eigenvalue weighted by molar-refractivity contribution is 7.11. The number of carbonyl (C=O) groups excluding carboxylic acids is 1. The molecule has 1 aromatic carbocycles. The van der Waals surface area contributed by atoms with Crippen LogP contribution in [0.5, 0.6) is 0 Å². The molecule has 1 aromatic heterocycles. The number of nitrogens with zero attached hydrogens (tertiary/aromatic N) is 1. The van der Waals surface area contributed by atoms with E-state index in [9.17, 15) is 18.0 Å². The van der Waals surface area contributed by atoms with Crippen LogP contribution in [-0.4, -0.2) is 12.1 Å². The molecule has 0 spiro atoms. The Morgan fingerprint density at radius 1 is 1.25 bits per heavy atom. The van der Waals surface area contributed by atoms with Gasteiger partial charge in [0, 0.05) is 10.4 Å². The fraction of sp³-hybridized carbons (Fsp3) is 0.0769. The normalized spacial score (nSPS) is 11.8. The largest absolute Gasteiger partial charge is 0.416 e. The minimum absolute atomic E-state index is 0.0943. The van der Waals surface area contributed by atoms with E-state index in [2.05, 4.69) is 10.5 Å². The number of hydrogen-bond donors (Lipinski definition) is 1. The predicted molar refractivity (Wildman–Crippen MR) is 70.8 cm³/mol. The van der Waals surface area contributed by atoms with Gasteiger partial charge in [-0.15, -0.1) is 11.3 Å². The Hall–Kier alpha value is -2.15. The minimum Gasteiger partial charge on any atom is -0.267 e. The Bertz CT molecular complexity index is 621. The zero-order valence-corrected chi connectivity index (χ0v) is 10.8. The SMILES string of the molecule is O=C(N/N=C\c1cccs1)c1cccc(C(F)(F)F)c1. The minimum atomic E-state index is -4.48. The first-order chi connectivity index (χ1) is 9.47. The van der Waals surface area contributed by atoms with E-state index in [1.54, 1.807) is 6.07 Å². The molecule has 0 bridgehead atoms. The number of amides is 1. The number of carbonyl (C=O) groups is 1. The molecular weight excluding hydrogens is 289 g/mol. The molecule has 1 N–H and O–H groups in total. The van der Waals surface area contributed by atoms with Gasteiger partial charge in [0.2, 0.25) is 0 Å². The number of rotatable bonds is 3. The van der Waals surface area contributed by atoms with Gasteiger partial charge >= 0.3 is 6.18 Å². The number of hydrogen-bond acceptors (Lipinski definition) is 3. The molecule has 3 nitrogen and oxygen atoms in total. The van der Waals surface area contributed by atoms with Crippen LogP contribution in [0.3, 0.4) is 0 Å². The number of hydrazone groups is 1. The summed E-state index contributed by atoms with van der Waals surface area (Å²) in [4.78, 5) is 12.5. The van der Waals surface area contributed by atoms with Crippen LogP contribution in [0.4, 0.5) is 13.2 Å². The molecule has 2 aromatic rings. The molecule has 2 rings (SSSR count). The summed E-state index contributed by atoms with van der Waals surface area (Å²) < 4.78 is 37.5. The second-order valence-electron chi connectivity index (χ2n) is 3.79. The lowest BCUT2D eigenvalue weighted by atomic mass is 10.1. The topological polar surface area (TPSA) is 41.5 Å². The molecule has 7 heteroatoms. The zero-order valence-electron chi connectivity index (χ0n) is 10.0. The summed E-state index contributed by atoms with van der Waals surface area (Å²) in [5.74, 6) is -0.691. The van der Waals surface area contributed by atoms with Crippen LogP contribution in [0, 0.1) is 0 Å². The van der Waals surface area contributed by atoms with Gasteiger partial charge in [0.25, 0.3) is 5.91 Å². The van der Waals surface area contributed by atoms with Crippen molar-refractivity contribution in [3.8, 4) is 0 Å². The Kier molecular flexibility index (Phi) is 4.19. The average Bonchev–Trinajstić information content (AvgIpc) is 2.91. The van der Waals surface area contributed by atoms with Crippen molar-refractivity contribution in [2.24, 2.45) is 5.10 Å². The second kappa shape index (κ2) is 5.87. The van der Waals surface area contributed by atoms with E-state index in [-0.39, 0.29) is 5.56 Å². The summed E-state index contributed by atoms with van der Waals surface area (Å²) in [5, 5.41) is 5.53. The van der Waals surface area contributed by atoms with E-state index in [1.807, 2.05) is 11.4 Å². The Balaban J connectivity index is 2.06. The second-order valence-corrected chi connectivity index (χ2v) is 4.77. The van der Waals surface area contributed by atoms with Crippen molar-refractivity contribution in [2.45, 2.75) is 6.18 Å². The summed E-state index contributed by atoms with van der Waals surface area (Å²) >= 11 is 1.43. The Morgan fingerprint density at radius 2 is 2.05 bits per heavy atom. The van der Waals surface area contributed by atoms with E-state index in [1.165, 1.54) is 29.7 Å². The number of thiophene rings is 1. The molecule has 0 radical (unpaired) electrons. The molecule has 0 atom stereocenters. The van der Waals surface area contributed by atoms with Crippen LogP contribution in [0.2, 0.25) is 0 Å². The lowest BCUT2D eigenvalue weighted by Gasteiger charge is -2.07. The van der Waals surface area contributed by atoms with Crippen molar-refractivity contribution in [1.29, 1.82) is 0 Å². The van der Waals surface area contributed by atoms with Crippen molar-refractivity contribution < 1.29 is 18.0 Å². The van der Waals surface area contributed by atoms with E-state index in [0.29, 0.717) is 0 Å². The van der Waals surface area contributed by atoms with Crippen LogP contribution in [0.25, 0.3) is 0 Å². The van der Waals surface area contributed by atoms with E-state index < -0.39 is 17.6 Å². The summed E-state index contributed by atoms with van der Waals surface area (Å²) in [7, 11) is 0. The molecule has 0 fully saturated rings. The van der Waals surface area contributed by atoms with E-state index >= 15 is 0 Å². The number of alkyl halides is 3. The van der Waals surface area contributed by atoms with Gasteiger partial charge in [-0.1, -0.05) is 12.1 Å². The first-order valence-electron chi connectivity index (χ1n) is 5.51. The molecule has 0 saturated carbocycles. The highest BCUT2D eigenvalue weighted by Crippen LogP contribution is 2.29. The van der Waals surface area contributed by atoms with E-state index in [0.717, 1.165) is 17.0 Å². The maximum Gasteiger partial charge on any atom is 0.416 e. The molecule has 104 valence electrons. The fourth-order valence-electron chi connectivity index (χ4n) is 1.42. The summed E-state index contributed by atoms with van der Waals surface area (Å²) in [5.41, 5.74) is 1.22. The van der Waals surface area contributed by atoms with Gasteiger partial charge < -0.3 is 0 Å². The van der Waals surface area contributed by atoms with Crippen molar-refractivity contribution in [3.05, 3.63) is 57.8 Å². The van der Waals surface area contributed by atoms with Crippen LogP contribution in [0.1, 0.15) is 20.8 Å². The molecule has 0 aliphatic carbocycles. The molecule has 0 aliphatic rings. The van der Waals surface area contributed by atoms with Crippen molar-refractivity contribution in [2.75, 3.05) is 0 Å². The van der Waals surface area contributed by atoms with Crippen molar-refractivity contribution in [1.82, 2.24) is 5.43 Å². The zero-order chi connectivity index (χ0) is 14.6.